The van der Waals surface area contributed by atoms with Crippen molar-refractivity contribution in [2.24, 2.45) is 0 Å². The quantitative estimate of drug-likeness (QED) is 0.781. The van der Waals surface area contributed by atoms with Crippen LogP contribution in [0.3, 0.4) is 0 Å². The van der Waals surface area contributed by atoms with Gasteiger partial charge in [0.25, 0.3) is 0 Å². The van der Waals surface area contributed by atoms with Gasteiger partial charge < -0.3 is 14.8 Å². The first-order valence-electron chi connectivity index (χ1n) is 6.79. The number of nitrogens with zero attached hydrogens (tertiary/aromatic N) is 3. The fraction of sp³-hybridized carbons (Fsp3) is 0.692. The Kier molecular flexibility index (Phi) is 4.75. The third kappa shape index (κ3) is 3.32. The smallest absolute Gasteiger partial charge is 0.239 e. The van der Waals surface area contributed by atoms with E-state index in [4.69, 9.17) is 0 Å². The maximum Gasteiger partial charge on any atom is 0.239 e. The number of carbonyl (C=O) groups excluding carboxylic acids is 1. The van der Waals surface area contributed by atoms with Crippen molar-refractivity contribution in [1.82, 2.24) is 19.8 Å². The van der Waals surface area contributed by atoms with Crippen LogP contribution in [0.1, 0.15) is 26.2 Å². The van der Waals surface area contributed by atoms with E-state index in [-0.39, 0.29) is 11.9 Å². The topological polar surface area (TPSA) is 50.2 Å². The van der Waals surface area contributed by atoms with Gasteiger partial charge in [0.1, 0.15) is 0 Å². The van der Waals surface area contributed by atoms with Crippen LogP contribution in [0.4, 0.5) is 0 Å². The number of likely N-dealkylation sites (tertiary alicyclic amines) is 1. The minimum atomic E-state index is 0.0539. The number of nitrogens with one attached hydrogen (secondary N) is 1. The van der Waals surface area contributed by atoms with Crippen LogP contribution in [-0.2, 0) is 11.3 Å². The lowest BCUT2D eigenvalue weighted by Gasteiger charge is -2.17. The van der Waals surface area contributed by atoms with Crippen molar-refractivity contribution in [1.29, 1.82) is 0 Å². The van der Waals surface area contributed by atoms with Crippen molar-refractivity contribution >= 4 is 5.91 Å². The van der Waals surface area contributed by atoms with Gasteiger partial charge in [0.2, 0.25) is 5.91 Å². The van der Waals surface area contributed by atoms with Crippen LogP contribution in [0.5, 0.6) is 0 Å². The van der Waals surface area contributed by atoms with Gasteiger partial charge in [0, 0.05) is 32.0 Å². The van der Waals surface area contributed by atoms with E-state index in [1.165, 1.54) is 0 Å². The molecule has 0 saturated carbocycles. The molecule has 1 unspecified atom stereocenters. The van der Waals surface area contributed by atoms with Crippen LogP contribution >= 0.6 is 0 Å². The molecule has 0 spiro atoms. The SMILES string of the molecule is CCCNC1CCN(CCCn2ccnc2)C1=O. The zero-order chi connectivity index (χ0) is 12.8. The highest BCUT2D eigenvalue weighted by molar-refractivity contribution is 5.83. The predicted octanol–water partition coefficient (Wildman–Crippen LogP) is 0.874. The molecule has 2 heterocycles. The first-order valence-corrected chi connectivity index (χ1v) is 6.79. The molecule has 100 valence electrons. The average Bonchev–Trinajstić information content (AvgIpc) is 2.99. The van der Waals surface area contributed by atoms with E-state index in [0.29, 0.717) is 0 Å². The lowest BCUT2D eigenvalue weighted by Crippen LogP contribution is -2.39. The second-order valence-electron chi connectivity index (χ2n) is 4.77. The van der Waals surface area contributed by atoms with Gasteiger partial charge in [-0.3, -0.25) is 4.79 Å². The van der Waals surface area contributed by atoms with E-state index in [2.05, 4.69) is 17.2 Å². The molecule has 1 amide bonds. The summed E-state index contributed by atoms with van der Waals surface area (Å²) in [5.74, 6) is 0.272. The normalized spacial score (nSPS) is 19.7. The Morgan fingerprint density at radius 1 is 1.50 bits per heavy atom. The number of hydrogen-bond acceptors (Lipinski definition) is 3. The molecule has 1 N–H and O–H groups in total. The monoisotopic (exact) mass is 250 g/mol. The lowest BCUT2D eigenvalue weighted by molar-refractivity contribution is -0.129. The van der Waals surface area contributed by atoms with E-state index in [1.807, 2.05) is 22.0 Å². The van der Waals surface area contributed by atoms with Gasteiger partial charge in [-0.05, 0) is 25.8 Å². The Bertz CT molecular complexity index is 363. The molecule has 18 heavy (non-hydrogen) atoms. The summed E-state index contributed by atoms with van der Waals surface area (Å²) in [5.41, 5.74) is 0. The fourth-order valence-electron chi connectivity index (χ4n) is 2.33. The van der Waals surface area contributed by atoms with Crippen LogP contribution in [0.2, 0.25) is 0 Å². The van der Waals surface area contributed by atoms with Gasteiger partial charge in [-0.2, -0.15) is 0 Å². The molecule has 1 fully saturated rings. The Labute approximate surface area is 108 Å². The van der Waals surface area contributed by atoms with Crippen molar-refractivity contribution in [3.05, 3.63) is 18.7 Å². The van der Waals surface area contributed by atoms with E-state index in [1.54, 1.807) is 6.20 Å². The minimum Gasteiger partial charge on any atom is -0.341 e. The second-order valence-corrected chi connectivity index (χ2v) is 4.77. The zero-order valence-corrected chi connectivity index (χ0v) is 11.0. The van der Waals surface area contributed by atoms with Crippen LogP contribution in [0, 0.1) is 0 Å². The highest BCUT2D eigenvalue weighted by Crippen LogP contribution is 2.11. The van der Waals surface area contributed by atoms with Crippen LogP contribution in [0.25, 0.3) is 0 Å². The number of aryl methyl sites for hydroxylation is 1. The molecule has 0 radical (unpaired) electrons. The average molecular weight is 250 g/mol. The van der Waals surface area contributed by atoms with E-state index in [0.717, 1.165) is 45.4 Å². The Balaban J connectivity index is 1.69. The molecule has 1 aliphatic heterocycles. The molecular formula is C13H22N4O. The molecule has 2 rings (SSSR count). The summed E-state index contributed by atoms with van der Waals surface area (Å²) >= 11 is 0. The van der Waals surface area contributed by atoms with Gasteiger partial charge in [0.15, 0.2) is 0 Å². The number of hydrogen-bond donors (Lipinski definition) is 1. The molecule has 1 saturated heterocycles. The third-order valence-electron chi connectivity index (χ3n) is 3.34. The summed E-state index contributed by atoms with van der Waals surface area (Å²) in [6.07, 6.45) is 8.57. The van der Waals surface area contributed by atoms with Crippen molar-refractivity contribution in [2.45, 2.75) is 38.8 Å². The number of amides is 1. The molecule has 0 aliphatic carbocycles. The van der Waals surface area contributed by atoms with Crippen molar-refractivity contribution in [3.63, 3.8) is 0 Å². The maximum absolute atomic E-state index is 12.0. The van der Waals surface area contributed by atoms with E-state index >= 15 is 0 Å². The molecule has 0 aromatic carbocycles. The van der Waals surface area contributed by atoms with Crippen LogP contribution in [0.15, 0.2) is 18.7 Å². The van der Waals surface area contributed by atoms with Gasteiger partial charge in [-0.25, -0.2) is 4.98 Å². The summed E-state index contributed by atoms with van der Waals surface area (Å²) in [7, 11) is 0. The molecule has 1 aromatic rings. The highest BCUT2D eigenvalue weighted by atomic mass is 16.2. The maximum atomic E-state index is 12.0. The summed E-state index contributed by atoms with van der Waals surface area (Å²) < 4.78 is 2.05. The van der Waals surface area contributed by atoms with Gasteiger partial charge in [-0.15, -0.1) is 0 Å². The highest BCUT2D eigenvalue weighted by Gasteiger charge is 2.30. The van der Waals surface area contributed by atoms with Crippen molar-refractivity contribution in [2.75, 3.05) is 19.6 Å². The Morgan fingerprint density at radius 2 is 2.39 bits per heavy atom. The standard InChI is InChI=1S/C13H22N4O/c1-2-5-15-12-4-9-17(13(12)18)8-3-7-16-10-6-14-11-16/h6,10-12,15H,2-5,7-9H2,1H3. The van der Waals surface area contributed by atoms with Crippen molar-refractivity contribution in [3.8, 4) is 0 Å². The minimum absolute atomic E-state index is 0.0539. The molecule has 5 nitrogen and oxygen atoms in total. The molecule has 1 aliphatic rings. The largest absolute Gasteiger partial charge is 0.341 e. The third-order valence-corrected chi connectivity index (χ3v) is 3.34. The lowest BCUT2D eigenvalue weighted by atomic mass is 10.2. The van der Waals surface area contributed by atoms with E-state index < -0.39 is 0 Å². The molecule has 1 aromatic heterocycles. The summed E-state index contributed by atoms with van der Waals surface area (Å²) in [6, 6.07) is 0.0539. The van der Waals surface area contributed by atoms with Gasteiger partial charge >= 0.3 is 0 Å². The molecule has 5 heteroatoms. The number of aromatic nitrogens is 2. The zero-order valence-electron chi connectivity index (χ0n) is 11.0. The Hall–Kier alpha value is -1.36. The first-order chi connectivity index (χ1) is 8.81. The van der Waals surface area contributed by atoms with E-state index in [9.17, 15) is 4.79 Å². The van der Waals surface area contributed by atoms with Gasteiger partial charge in [-0.1, -0.05) is 6.92 Å². The fourth-order valence-corrected chi connectivity index (χ4v) is 2.33. The Morgan fingerprint density at radius 3 is 3.11 bits per heavy atom. The number of imidazole rings is 1. The first kappa shape index (κ1) is 13.1. The van der Waals surface area contributed by atoms with Gasteiger partial charge in [0.05, 0.1) is 12.4 Å². The van der Waals surface area contributed by atoms with Crippen molar-refractivity contribution < 1.29 is 4.79 Å². The second kappa shape index (κ2) is 6.54. The van der Waals surface area contributed by atoms with Crippen LogP contribution in [-0.4, -0.2) is 46.0 Å². The summed E-state index contributed by atoms with van der Waals surface area (Å²) in [5, 5.41) is 3.31. The summed E-state index contributed by atoms with van der Waals surface area (Å²) in [6.45, 7) is 5.72. The molecular weight excluding hydrogens is 228 g/mol. The molecule has 1 atom stereocenters. The number of carbonyl (C=O) groups is 1. The van der Waals surface area contributed by atoms with Crippen LogP contribution < -0.4 is 5.32 Å². The summed E-state index contributed by atoms with van der Waals surface area (Å²) in [4.78, 5) is 18.0. The predicted molar refractivity (Wildman–Crippen MR) is 70.1 cm³/mol. The number of rotatable bonds is 7. The molecule has 0 bridgehead atoms.